The number of hydrogen-bond acceptors (Lipinski definition) is 6. The summed E-state index contributed by atoms with van der Waals surface area (Å²) >= 11 is 0. The molecule has 1 aromatic rings. The zero-order chi connectivity index (χ0) is 15.6. The van der Waals surface area contributed by atoms with Crippen molar-refractivity contribution < 1.29 is 14.3 Å². The van der Waals surface area contributed by atoms with E-state index in [0.717, 1.165) is 18.7 Å². The number of rotatable bonds is 5. The summed E-state index contributed by atoms with van der Waals surface area (Å²) in [6.07, 6.45) is 1.18. The Hall–Kier alpha value is -1.69. The minimum absolute atomic E-state index is 0.0281. The first kappa shape index (κ1) is 15.7. The van der Waals surface area contributed by atoms with Crippen molar-refractivity contribution in [2.24, 2.45) is 5.41 Å². The minimum Gasteiger partial charge on any atom is -0.463 e. The quantitative estimate of drug-likeness (QED) is 0.839. The van der Waals surface area contributed by atoms with Gasteiger partial charge < -0.3 is 14.8 Å². The normalized spacial score (nSPS) is 23.3. The third-order valence-corrected chi connectivity index (χ3v) is 4.09. The van der Waals surface area contributed by atoms with Crippen LogP contribution in [0, 0.1) is 12.3 Å². The predicted octanol–water partition coefficient (Wildman–Crippen LogP) is 2.19. The van der Waals surface area contributed by atoms with Crippen LogP contribution in [0.4, 0.5) is 5.82 Å². The molecule has 1 saturated carbocycles. The minimum atomic E-state index is -0.526. The van der Waals surface area contributed by atoms with E-state index in [2.05, 4.69) is 33.9 Å². The van der Waals surface area contributed by atoms with Crippen LogP contribution in [0.25, 0.3) is 0 Å². The van der Waals surface area contributed by atoms with Gasteiger partial charge in [-0.3, -0.25) is 0 Å². The van der Waals surface area contributed by atoms with Gasteiger partial charge in [0.25, 0.3) is 0 Å². The highest BCUT2D eigenvalue weighted by molar-refractivity contribution is 5.85. The molecule has 0 spiro atoms. The fraction of sp³-hybridized carbons (Fsp3) is 0.667. The number of aryl methyl sites for hydroxylation is 1. The summed E-state index contributed by atoms with van der Waals surface area (Å²) in [5.74, 6) is 0.205. The summed E-state index contributed by atoms with van der Waals surface area (Å²) < 4.78 is 10.4. The molecule has 1 N–H and O–H groups in total. The molecule has 0 aliphatic heterocycles. The van der Waals surface area contributed by atoms with Crippen LogP contribution in [0.2, 0.25) is 0 Å². The largest absolute Gasteiger partial charge is 0.463 e. The van der Waals surface area contributed by atoms with Gasteiger partial charge in [0.05, 0.1) is 13.2 Å². The van der Waals surface area contributed by atoms with Gasteiger partial charge in [0.2, 0.25) is 5.82 Å². The lowest BCUT2D eigenvalue weighted by atomic mass is 9.64. The number of anilines is 1. The van der Waals surface area contributed by atoms with Crippen molar-refractivity contribution in [1.82, 2.24) is 9.97 Å². The molecule has 0 radical (unpaired) electrons. The van der Waals surface area contributed by atoms with Crippen molar-refractivity contribution in [3.63, 3.8) is 0 Å². The third kappa shape index (κ3) is 3.15. The molecule has 0 bridgehead atoms. The zero-order valence-electron chi connectivity index (χ0n) is 13.3. The van der Waals surface area contributed by atoms with E-state index in [9.17, 15) is 4.79 Å². The first-order valence-corrected chi connectivity index (χ1v) is 7.20. The predicted molar refractivity (Wildman–Crippen MR) is 79.3 cm³/mol. The molecule has 6 heteroatoms. The van der Waals surface area contributed by atoms with Gasteiger partial charge in [0.15, 0.2) is 0 Å². The molecule has 116 valence electrons. The van der Waals surface area contributed by atoms with Gasteiger partial charge >= 0.3 is 5.97 Å². The maximum Gasteiger partial charge on any atom is 0.376 e. The molecule has 1 heterocycles. The highest BCUT2D eigenvalue weighted by atomic mass is 16.5. The molecule has 0 aromatic carbocycles. The van der Waals surface area contributed by atoms with E-state index >= 15 is 0 Å². The lowest BCUT2D eigenvalue weighted by molar-refractivity contribution is -0.0976. The lowest BCUT2D eigenvalue weighted by Gasteiger charge is -2.51. The second-order valence-corrected chi connectivity index (χ2v) is 5.91. The van der Waals surface area contributed by atoms with Gasteiger partial charge in [-0.15, -0.1) is 0 Å². The number of carbonyl (C=O) groups excluding carboxylic acids is 1. The van der Waals surface area contributed by atoms with Gasteiger partial charge in [0.1, 0.15) is 5.82 Å². The van der Waals surface area contributed by atoms with Crippen LogP contribution in [0.3, 0.4) is 0 Å². The number of aromatic nitrogens is 2. The summed E-state index contributed by atoms with van der Waals surface area (Å²) in [5.41, 5.74) is 0.756. The van der Waals surface area contributed by atoms with E-state index in [1.807, 2.05) is 19.9 Å². The summed E-state index contributed by atoms with van der Waals surface area (Å²) in [6.45, 7) is 8.90. The first-order chi connectivity index (χ1) is 9.88. The number of carbonyl (C=O) groups is 1. The molecule has 1 aromatic heterocycles. The molecule has 2 atom stereocenters. The highest BCUT2D eigenvalue weighted by Crippen LogP contribution is 2.44. The summed E-state index contributed by atoms with van der Waals surface area (Å²) in [4.78, 5) is 19.9. The maximum absolute atomic E-state index is 11.6. The van der Waals surface area contributed by atoms with Crippen molar-refractivity contribution >= 4 is 11.8 Å². The Bertz CT molecular complexity index is 531. The highest BCUT2D eigenvalue weighted by Gasteiger charge is 2.49. The Balaban J connectivity index is 2.11. The Labute approximate surface area is 125 Å². The van der Waals surface area contributed by atoms with Crippen LogP contribution < -0.4 is 5.32 Å². The lowest BCUT2D eigenvalue weighted by Crippen LogP contribution is -2.58. The smallest absolute Gasteiger partial charge is 0.376 e. The zero-order valence-corrected chi connectivity index (χ0v) is 13.3. The Morgan fingerprint density at radius 3 is 2.76 bits per heavy atom. The average molecular weight is 293 g/mol. The van der Waals surface area contributed by atoms with E-state index in [-0.39, 0.29) is 23.4 Å². The Morgan fingerprint density at radius 2 is 2.19 bits per heavy atom. The second kappa shape index (κ2) is 5.97. The molecule has 6 nitrogen and oxygen atoms in total. The number of nitrogens with zero attached hydrogens (tertiary/aromatic N) is 2. The molecule has 1 aliphatic carbocycles. The van der Waals surface area contributed by atoms with E-state index in [1.54, 1.807) is 0 Å². The van der Waals surface area contributed by atoms with E-state index in [1.165, 1.54) is 7.11 Å². The molecule has 2 unspecified atom stereocenters. The van der Waals surface area contributed by atoms with E-state index in [0.29, 0.717) is 5.82 Å². The molecule has 1 fully saturated rings. The van der Waals surface area contributed by atoms with Crippen molar-refractivity contribution in [2.75, 3.05) is 19.0 Å². The number of nitrogens with one attached hydrogen (secondary N) is 1. The van der Waals surface area contributed by atoms with Gasteiger partial charge in [-0.05, 0) is 20.3 Å². The van der Waals surface area contributed by atoms with E-state index < -0.39 is 5.97 Å². The molecular weight excluding hydrogens is 270 g/mol. The molecule has 1 aliphatic rings. The summed E-state index contributed by atoms with van der Waals surface area (Å²) in [7, 11) is 1.32. The van der Waals surface area contributed by atoms with Crippen LogP contribution >= 0.6 is 0 Å². The number of hydrogen-bond donors (Lipinski definition) is 1. The van der Waals surface area contributed by atoms with Crippen LogP contribution in [0.15, 0.2) is 6.07 Å². The average Bonchev–Trinajstić information content (AvgIpc) is 2.44. The molecule has 2 rings (SSSR count). The Morgan fingerprint density at radius 1 is 1.48 bits per heavy atom. The number of ether oxygens (including phenoxy) is 2. The fourth-order valence-electron chi connectivity index (χ4n) is 2.62. The topological polar surface area (TPSA) is 73.3 Å². The van der Waals surface area contributed by atoms with Crippen molar-refractivity contribution in [3.05, 3.63) is 17.6 Å². The molecule has 21 heavy (non-hydrogen) atoms. The van der Waals surface area contributed by atoms with Crippen LogP contribution in [-0.2, 0) is 9.47 Å². The Kier molecular flexibility index (Phi) is 4.46. The van der Waals surface area contributed by atoms with Crippen LogP contribution in [0.5, 0.6) is 0 Å². The maximum atomic E-state index is 11.6. The number of esters is 1. The van der Waals surface area contributed by atoms with Gasteiger partial charge in [-0.1, -0.05) is 13.8 Å². The van der Waals surface area contributed by atoms with Crippen LogP contribution in [0.1, 0.15) is 43.5 Å². The monoisotopic (exact) mass is 293 g/mol. The summed E-state index contributed by atoms with van der Waals surface area (Å²) in [5, 5.41) is 3.38. The SMILES string of the molecule is CCOC1CC(Nc2cc(C)nc(C(=O)OC)n2)C1(C)C. The first-order valence-electron chi connectivity index (χ1n) is 7.20. The van der Waals surface area contributed by atoms with Crippen LogP contribution in [-0.4, -0.2) is 41.8 Å². The van der Waals surface area contributed by atoms with Crippen molar-refractivity contribution in [1.29, 1.82) is 0 Å². The van der Waals surface area contributed by atoms with Gasteiger partial charge in [-0.2, -0.15) is 0 Å². The van der Waals surface area contributed by atoms with Gasteiger partial charge in [-0.25, -0.2) is 14.8 Å². The van der Waals surface area contributed by atoms with Crippen molar-refractivity contribution in [2.45, 2.75) is 46.3 Å². The second-order valence-electron chi connectivity index (χ2n) is 5.91. The standard InChI is InChI=1S/C15H23N3O3/c1-6-21-11-8-10(15(11,3)4)17-12-7-9(2)16-13(18-12)14(19)20-5/h7,10-11H,6,8H2,1-5H3,(H,16,17,18). The van der Waals surface area contributed by atoms with Crippen molar-refractivity contribution in [3.8, 4) is 0 Å². The molecular formula is C15H23N3O3. The van der Waals surface area contributed by atoms with E-state index in [4.69, 9.17) is 4.74 Å². The van der Waals surface area contributed by atoms with Gasteiger partial charge in [0, 0.05) is 29.8 Å². The molecule has 0 saturated heterocycles. The molecule has 0 amide bonds. The third-order valence-electron chi connectivity index (χ3n) is 4.09. The summed E-state index contributed by atoms with van der Waals surface area (Å²) in [6, 6.07) is 2.09. The fourth-order valence-corrected chi connectivity index (χ4v) is 2.62. The number of methoxy groups -OCH3 is 1.